The van der Waals surface area contributed by atoms with Crippen molar-refractivity contribution in [2.24, 2.45) is 5.41 Å². The van der Waals surface area contributed by atoms with Gasteiger partial charge in [-0.15, -0.1) is 40.8 Å². The lowest BCUT2D eigenvalue weighted by molar-refractivity contribution is -0.118. The topological polar surface area (TPSA) is 493 Å². The Bertz CT molecular complexity index is 3180. The second-order valence-electron chi connectivity index (χ2n) is 25.8. The maximum atomic E-state index is 10.3. The fourth-order valence-electron chi connectivity index (χ4n) is 12.3. The zero-order valence-electron chi connectivity index (χ0n) is 53.8. The largest absolute Gasteiger partial charge is 0.389 e. The first kappa shape index (κ1) is 69.4. The summed E-state index contributed by atoms with van der Waals surface area (Å²) in [6.45, 7) is 5.78. The van der Waals surface area contributed by atoms with Crippen molar-refractivity contribution in [2.75, 3.05) is 52.6 Å². The number of aliphatic hydroxyl groups excluding tert-OH is 8. The van der Waals surface area contributed by atoms with E-state index in [1.54, 1.807) is 37.5 Å². The van der Waals surface area contributed by atoms with Crippen molar-refractivity contribution >= 4 is 0 Å². The number of aromatic nitrogens is 24. The molecule has 4 aliphatic heterocycles. The van der Waals surface area contributed by atoms with Crippen LogP contribution in [-0.4, -0.2) is 286 Å². The van der Waals surface area contributed by atoms with Gasteiger partial charge in [-0.25, -0.2) is 0 Å². The molecule has 0 unspecified atom stereocenters. The minimum absolute atomic E-state index is 0.0902. The quantitative estimate of drug-likeness (QED) is 0.0170. The van der Waals surface area contributed by atoms with E-state index in [2.05, 4.69) is 104 Å². The van der Waals surface area contributed by atoms with E-state index < -0.39 is 54.2 Å². The highest BCUT2D eigenvalue weighted by molar-refractivity contribution is 5.02. The van der Waals surface area contributed by atoms with Gasteiger partial charge in [0.1, 0.15) is 22.8 Å². The van der Waals surface area contributed by atoms with Crippen LogP contribution in [0.3, 0.4) is 0 Å². The second kappa shape index (κ2) is 33.4. The molecule has 12 N–H and O–H groups in total. The molecule has 0 saturated carbocycles. The summed E-state index contributed by atoms with van der Waals surface area (Å²) >= 11 is 0. The van der Waals surface area contributed by atoms with E-state index in [1.807, 2.05) is 49.6 Å². The van der Waals surface area contributed by atoms with Gasteiger partial charge in [0.05, 0.1) is 205 Å². The third-order valence-electron chi connectivity index (χ3n) is 17.7. The van der Waals surface area contributed by atoms with Crippen molar-refractivity contribution in [2.45, 2.75) is 203 Å². The first-order chi connectivity index (χ1) is 47.2. The van der Waals surface area contributed by atoms with Gasteiger partial charge in [-0.1, -0.05) is 41.7 Å². The van der Waals surface area contributed by atoms with Crippen LogP contribution in [0.1, 0.15) is 71.2 Å². The second-order valence-corrected chi connectivity index (χ2v) is 25.8. The van der Waals surface area contributed by atoms with Gasteiger partial charge in [0, 0.05) is 77.1 Å². The van der Waals surface area contributed by atoms with Gasteiger partial charge >= 0.3 is 0 Å². The molecule has 97 heavy (non-hydrogen) atoms. The van der Waals surface area contributed by atoms with Crippen molar-refractivity contribution < 1.29 is 59.8 Å². The van der Waals surface area contributed by atoms with Crippen molar-refractivity contribution in [3.8, 4) is 0 Å². The Labute approximate surface area is 555 Å². The highest BCUT2D eigenvalue weighted by Crippen LogP contribution is 2.24. The lowest BCUT2D eigenvalue weighted by Gasteiger charge is -2.32. The summed E-state index contributed by atoms with van der Waals surface area (Å²) in [7, 11) is 0. The van der Waals surface area contributed by atoms with Crippen molar-refractivity contribution in [1.82, 2.24) is 141 Å². The summed E-state index contributed by atoms with van der Waals surface area (Å²) in [4.78, 5) is 0. The summed E-state index contributed by atoms with van der Waals surface area (Å²) in [6, 6.07) is -1.29. The van der Waals surface area contributed by atoms with Crippen LogP contribution in [0.25, 0.3) is 0 Å². The van der Waals surface area contributed by atoms with Crippen LogP contribution in [0, 0.1) is 5.41 Å². The van der Waals surface area contributed by atoms with Crippen LogP contribution in [0.4, 0.5) is 0 Å². The molecule has 12 atom stereocenters. The van der Waals surface area contributed by atoms with Gasteiger partial charge in [0.2, 0.25) is 0 Å². The Morgan fingerprint density at radius 3 is 0.732 bits per heavy atom. The predicted octanol–water partition coefficient (Wildman–Crippen LogP) is -7.12. The Morgan fingerprint density at radius 1 is 0.309 bits per heavy atom. The van der Waals surface area contributed by atoms with E-state index in [0.29, 0.717) is 153 Å². The normalized spacial score (nSPS) is 24.5. The molecule has 528 valence electrons. The molecule has 0 radical (unpaired) electrons. The van der Waals surface area contributed by atoms with Gasteiger partial charge in [0.15, 0.2) is 0 Å². The average molecular weight is 1360 g/mol. The van der Waals surface area contributed by atoms with Crippen molar-refractivity contribution in [3.63, 3.8) is 0 Å². The number of nitrogens with one attached hydrogen (secondary N) is 4. The van der Waals surface area contributed by atoms with Gasteiger partial charge in [0.25, 0.3) is 0 Å². The molecule has 4 fully saturated rings. The lowest BCUT2D eigenvalue weighted by Crippen LogP contribution is -2.41. The number of hydrogen-bond acceptors (Lipinski definition) is 32. The van der Waals surface area contributed by atoms with Gasteiger partial charge in [-0.3, -0.25) is 37.5 Å². The molecule has 0 bridgehead atoms. The minimum atomic E-state index is -0.948. The van der Waals surface area contributed by atoms with Gasteiger partial charge in [-0.05, 0) is 51.4 Å². The maximum absolute atomic E-state index is 10.3. The Kier molecular flexibility index (Phi) is 23.9. The van der Waals surface area contributed by atoms with E-state index >= 15 is 0 Å². The number of rotatable bonds is 40. The molecule has 40 nitrogen and oxygen atoms in total. The molecule has 0 amide bonds. The van der Waals surface area contributed by atoms with E-state index in [1.165, 1.54) is 0 Å². The van der Waals surface area contributed by atoms with Crippen LogP contribution in [-0.2, 0) is 123 Å². The molecule has 0 spiro atoms. The molecule has 12 rings (SSSR count). The van der Waals surface area contributed by atoms with Gasteiger partial charge in [-0.2, -0.15) is 0 Å². The summed E-state index contributed by atoms with van der Waals surface area (Å²) in [5.41, 5.74) is 4.59. The molecule has 0 aliphatic carbocycles. The average Bonchev–Trinajstić information content (AvgIpc) is 1.48. The number of β-amino-alcohol motifs (C(OH)–C–C–N with tert-alkyl or cyclic N) is 4. The summed E-state index contributed by atoms with van der Waals surface area (Å²) in [6.07, 6.45) is 13.2. The van der Waals surface area contributed by atoms with E-state index in [4.69, 9.17) is 18.9 Å². The number of ether oxygens (including phenoxy) is 4. The van der Waals surface area contributed by atoms with Crippen LogP contribution >= 0.6 is 0 Å². The number of nitrogens with zero attached hydrogens (tertiary/aromatic N) is 24. The predicted molar refractivity (Wildman–Crippen MR) is 330 cm³/mol. The lowest BCUT2D eigenvalue weighted by atomic mass is 9.92. The van der Waals surface area contributed by atoms with Crippen LogP contribution in [0.15, 0.2) is 49.6 Å². The third kappa shape index (κ3) is 19.4. The van der Waals surface area contributed by atoms with E-state index in [-0.39, 0.29) is 77.0 Å². The fraction of sp³-hybridized carbons (Fsp3) is 0.719. The first-order valence-corrected chi connectivity index (χ1v) is 33.0. The summed E-state index contributed by atoms with van der Waals surface area (Å²) < 4.78 is 39.7. The van der Waals surface area contributed by atoms with Crippen LogP contribution < -0.4 is 21.3 Å². The molecule has 8 aromatic heterocycles. The highest BCUT2D eigenvalue weighted by atomic mass is 16.5. The zero-order chi connectivity index (χ0) is 67.1. The Hall–Kier alpha value is -7.52. The van der Waals surface area contributed by atoms with Crippen LogP contribution in [0.5, 0.6) is 0 Å². The number of aryl methyl sites for hydroxylation is 8. The number of hydrogen-bond donors (Lipinski definition) is 12. The molecule has 40 heteroatoms. The fourth-order valence-corrected chi connectivity index (χ4v) is 12.3. The maximum Gasteiger partial charge on any atom is 0.108 e. The van der Waals surface area contributed by atoms with E-state index in [9.17, 15) is 40.9 Å². The Balaban J connectivity index is 0.676. The molecule has 8 aromatic rings. The van der Waals surface area contributed by atoms with Crippen molar-refractivity contribution in [3.05, 3.63) is 95.1 Å². The molecule has 4 aliphatic rings. The van der Waals surface area contributed by atoms with Crippen LogP contribution in [0.2, 0.25) is 0 Å². The van der Waals surface area contributed by atoms with Gasteiger partial charge < -0.3 is 81.1 Å². The summed E-state index contributed by atoms with van der Waals surface area (Å²) in [5, 5.41) is 163. The number of aliphatic hydroxyl groups is 8. The molecule has 0 aromatic carbocycles. The first-order valence-electron chi connectivity index (χ1n) is 33.0. The molecular formula is C57H88N28O12. The monoisotopic (exact) mass is 1360 g/mol. The molecule has 12 heterocycles. The SMILES string of the molecule is O[C@@H]1[C@H](O)CN[C@H]1Cn1cc(CCCn2cc(COCC(COCc3cn(CCCc4cn(C[C@@H]5NC[C@@H](O)[C@H]5O)nn4)nn3)(COCc3cn(CCCc4cn(C[C@@H]5NC[C@@H](O)[C@H]5O)nn4)nn3)COCc3cn(CCCc4cn(C[C@@H]5NC[C@@H](O)[C@H]5O)nn4)nn3)nn2)nn1. The minimum Gasteiger partial charge on any atom is -0.389 e. The van der Waals surface area contributed by atoms with E-state index in [0.717, 1.165) is 22.8 Å². The Morgan fingerprint density at radius 2 is 0.515 bits per heavy atom. The molecule has 4 saturated heterocycles. The smallest absolute Gasteiger partial charge is 0.108 e. The highest BCUT2D eigenvalue weighted by Gasteiger charge is 2.38. The standard InChI is InChI=1S/C57H88N28O12/c86-49-13-58-45(53(49)90)25-82-17-37(62-74-82)5-1-9-78-21-41(66-70-78)29-94-33-57(34-95-30-42-22-79(71-67-42)10-2-6-38-18-83(75-63-38)26-46-54(91)50(87)14-59-46,35-96-31-43-23-80(72-68-43)11-3-7-39-19-84(76-64-39)27-47-55(92)51(88)15-60-47)36-97-32-44-24-81(73-69-44)12-4-8-40-20-85(77-65-40)28-48-56(93)52(89)16-61-48/h17-24,45-56,58-61,86-93H,1-16,25-36H2/t45-,46-,47-,48-,49+,50+,51+,52+,53-,54-,55-,56-/m0/s1. The summed E-state index contributed by atoms with van der Waals surface area (Å²) in [5.74, 6) is 0. The van der Waals surface area contributed by atoms with Crippen molar-refractivity contribution in [1.29, 1.82) is 0 Å². The molecular weight excluding hydrogens is 1270 g/mol. The third-order valence-corrected chi connectivity index (χ3v) is 17.7. The zero-order valence-corrected chi connectivity index (χ0v) is 53.8.